The van der Waals surface area contributed by atoms with Gasteiger partial charge in [-0.1, -0.05) is 35.9 Å². The molecular formula is C12H12ClNO2S. The van der Waals surface area contributed by atoms with Gasteiger partial charge in [0.05, 0.1) is 0 Å². The molecule has 17 heavy (non-hydrogen) atoms. The molecule has 0 saturated heterocycles. The first-order valence-corrected chi connectivity index (χ1v) is 7.17. The summed E-state index contributed by atoms with van der Waals surface area (Å²) in [5.74, 6) is 0. The van der Waals surface area contributed by atoms with Gasteiger partial charge < -0.3 is 0 Å². The largest absolute Gasteiger partial charge is 0.263 e. The van der Waals surface area contributed by atoms with Gasteiger partial charge in [-0.25, -0.2) is 8.42 Å². The van der Waals surface area contributed by atoms with E-state index in [-0.39, 0.29) is 4.90 Å². The Balaban J connectivity index is 0.000000181. The number of aryl methyl sites for hydroxylation is 1. The Morgan fingerprint density at radius 2 is 1.71 bits per heavy atom. The van der Waals surface area contributed by atoms with Crippen LogP contribution in [0.2, 0.25) is 0 Å². The molecule has 0 unspecified atom stereocenters. The highest BCUT2D eigenvalue weighted by atomic mass is 35.7. The normalized spacial score (nSPS) is 10.2. The molecule has 3 nitrogen and oxygen atoms in total. The molecule has 0 saturated carbocycles. The van der Waals surface area contributed by atoms with Crippen molar-refractivity contribution in [3.05, 3.63) is 60.4 Å². The number of hydrogen-bond donors (Lipinski definition) is 0. The van der Waals surface area contributed by atoms with Crippen LogP contribution in [0.15, 0.2) is 59.8 Å². The van der Waals surface area contributed by atoms with E-state index in [0.717, 1.165) is 0 Å². The summed E-state index contributed by atoms with van der Waals surface area (Å²) in [5, 5.41) is 0. The fourth-order valence-electron chi connectivity index (χ4n) is 1.03. The molecule has 0 aliphatic rings. The van der Waals surface area contributed by atoms with E-state index in [2.05, 4.69) is 24.0 Å². The van der Waals surface area contributed by atoms with E-state index in [4.69, 9.17) is 10.7 Å². The van der Waals surface area contributed by atoms with Crippen LogP contribution in [0, 0.1) is 6.92 Å². The summed E-state index contributed by atoms with van der Waals surface area (Å²) in [5.41, 5.74) is 1.32. The highest BCUT2D eigenvalue weighted by molar-refractivity contribution is 8.13. The molecule has 0 bridgehead atoms. The zero-order valence-corrected chi connectivity index (χ0v) is 10.8. The van der Waals surface area contributed by atoms with Crippen LogP contribution in [-0.4, -0.2) is 13.4 Å². The van der Waals surface area contributed by atoms with Crippen molar-refractivity contribution in [2.45, 2.75) is 11.8 Å². The van der Waals surface area contributed by atoms with Gasteiger partial charge in [-0.05, 0) is 19.1 Å². The Morgan fingerprint density at radius 1 is 1.06 bits per heavy atom. The van der Waals surface area contributed by atoms with Gasteiger partial charge in [-0.2, -0.15) is 0 Å². The molecule has 1 aromatic carbocycles. The Kier molecular flexibility index (Phi) is 5.12. The Morgan fingerprint density at radius 3 is 2.00 bits per heavy atom. The second kappa shape index (κ2) is 6.37. The van der Waals surface area contributed by atoms with Crippen molar-refractivity contribution in [2.75, 3.05) is 0 Å². The molecule has 2 rings (SSSR count). The molecule has 2 aromatic rings. The topological polar surface area (TPSA) is 47.0 Å². The van der Waals surface area contributed by atoms with Crippen LogP contribution in [0.1, 0.15) is 5.56 Å². The SMILES string of the molecule is Cc1ccccc1.O=S(=O)(Cl)c1cccnc1. The van der Waals surface area contributed by atoms with Gasteiger partial charge in [-0.15, -0.1) is 0 Å². The van der Waals surface area contributed by atoms with Crippen molar-refractivity contribution in [3.63, 3.8) is 0 Å². The average molecular weight is 270 g/mol. The van der Waals surface area contributed by atoms with E-state index in [1.807, 2.05) is 18.2 Å². The number of benzene rings is 1. The molecule has 0 aliphatic carbocycles. The van der Waals surface area contributed by atoms with E-state index in [1.165, 1.54) is 30.1 Å². The van der Waals surface area contributed by atoms with Gasteiger partial charge in [0.2, 0.25) is 0 Å². The predicted molar refractivity (Wildman–Crippen MR) is 68.5 cm³/mol. The molecular weight excluding hydrogens is 258 g/mol. The molecule has 0 fully saturated rings. The molecule has 0 amide bonds. The maximum Gasteiger partial charge on any atom is 0.262 e. The van der Waals surface area contributed by atoms with Crippen molar-refractivity contribution >= 4 is 19.7 Å². The van der Waals surface area contributed by atoms with Gasteiger partial charge in [-0.3, -0.25) is 4.98 Å². The van der Waals surface area contributed by atoms with Crippen LogP contribution in [0.4, 0.5) is 0 Å². The van der Waals surface area contributed by atoms with E-state index in [9.17, 15) is 8.42 Å². The zero-order chi connectivity index (χ0) is 12.7. The van der Waals surface area contributed by atoms with Crippen LogP contribution < -0.4 is 0 Å². The standard InChI is InChI=1S/C7H8.C5H4ClNO2S/c1-7-5-3-2-4-6-7;6-10(8,9)5-2-1-3-7-4-5/h2-6H,1H3;1-4H. The van der Waals surface area contributed by atoms with Crippen LogP contribution in [0.25, 0.3) is 0 Å². The van der Waals surface area contributed by atoms with Crippen molar-refractivity contribution in [2.24, 2.45) is 0 Å². The molecule has 90 valence electrons. The van der Waals surface area contributed by atoms with Crippen molar-refractivity contribution in [1.82, 2.24) is 4.98 Å². The van der Waals surface area contributed by atoms with Crippen LogP contribution in [0.3, 0.4) is 0 Å². The Labute approximate surface area is 106 Å². The summed E-state index contributed by atoms with van der Waals surface area (Å²) in [6.45, 7) is 2.08. The highest BCUT2D eigenvalue weighted by Crippen LogP contribution is 2.11. The molecule has 5 heteroatoms. The number of nitrogens with zero attached hydrogens (tertiary/aromatic N) is 1. The van der Waals surface area contributed by atoms with E-state index >= 15 is 0 Å². The summed E-state index contributed by atoms with van der Waals surface area (Å²) < 4.78 is 21.1. The summed E-state index contributed by atoms with van der Waals surface area (Å²) in [7, 11) is 1.40. The van der Waals surface area contributed by atoms with Crippen molar-refractivity contribution in [1.29, 1.82) is 0 Å². The van der Waals surface area contributed by atoms with Gasteiger partial charge in [0.25, 0.3) is 9.05 Å². The van der Waals surface area contributed by atoms with Crippen molar-refractivity contribution < 1.29 is 8.42 Å². The number of halogens is 1. The average Bonchev–Trinajstić information content (AvgIpc) is 2.31. The number of aromatic nitrogens is 1. The molecule has 0 radical (unpaired) electrons. The smallest absolute Gasteiger partial charge is 0.262 e. The Hall–Kier alpha value is -1.39. The molecule has 0 atom stereocenters. The predicted octanol–water partition coefficient (Wildman–Crippen LogP) is 3.00. The first kappa shape index (κ1) is 13.7. The van der Waals surface area contributed by atoms with Gasteiger partial charge >= 0.3 is 0 Å². The summed E-state index contributed by atoms with van der Waals surface area (Å²) in [6.07, 6.45) is 2.67. The summed E-state index contributed by atoms with van der Waals surface area (Å²) in [6, 6.07) is 13.2. The minimum Gasteiger partial charge on any atom is -0.263 e. The highest BCUT2D eigenvalue weighted by Gasteiger charge is 2.07. The molecule has 0 N–H and O–H groups in total. The molecule has 0 spiro atoms. The van der Waals surface area contributed by atoms with E-state index in [0.29, 0.717) is 0 Å². The van der Waals surface area contributed by atoms with Gasteiger partial charge in [0.1, 0.15) is 4.90 Å². The second-order valence-electron chi connectivity index (χ2n) is 3.28. The fourth-order valence-corrected chi connectivity index (χ4v) is 1.73. The van der Waals surface area contributed by atoms with Crippen LogP contribution in [-0.2, 0) is 9.05 Å². The van der Waals surface area contributed by atoms with Gasteiger partial charge in [0, 0.05) is 23.1 Å². The first-order chi connectivity index (χ1) is 8.00. The zero-order valence-electron chi connectivity index (χ0n) is 9.25. The number of rotatable bonds is 1. The van der Waals surface area contributed by atoms with Crippen molar-refractivity contribution in [3.8, 4) is 0 Å². The third-order valence-electron chi connectivity index (χ3n) is 1.86. The number of pyridine rings is 1. The lowest BCUT2D eigenvalue weighted by Gasteiger charge is -1.90. The molecule has 1 aromatic heterocycles. The molecule has 0 aliphatic heterocycles. The lowest BCUT2D eigenvalue weighted by atomic mass is 10.2. The monoisotopic (exact) mass is 269 g/mol. The van der Waals surface area contributed by atoms with Crippen LogP contribution in [0.5, 0.6) is 0 Å². The first-order valence-electron chi connectivity index (χ1n) is 4.86. The quantitative estimate of drug-likeness (QED) is 0.748. The third-order valence-corrected chi connectivity index (χ3v) is 3.20. The maximum absolute atomic E-state index is 10.6. The summed E-state index contributed by atoms with van der Waals surface area (Å²) in [4.78, 5) is 3.61. The van der Waals surface area contributed by atoms with E-state index < -0.39 is 9.05 Å². The minimum atomic E-state index is -3.59. The second-order valence-corrected chi connectivity index (χ2v) is 5.85. The van der Waals surface area contributed by atoms with Gasteiger partial charge in [0.15, 0.2) is 0 Å². The fraction of sp³-hybridized carbons (Fsp3) is 0.0833. The van der Waals surface area contributed by atoms with E-state index in [1.54, 1.807) is 0 Å². The minimum absolute atomic E-state index is 0.0247. The Bertz CT molecular complexity index is 541. The maximum atomic E-state index is 10.6. The molecule has 1 heterocycles. The lowest BCUT2D eigenvalue weighted by Crippen LogP contribution is -1.89. The number of hydrogen-bond acceptors (Lipinski definition) is 3. The third kappa shape index (κ3) is 5.47. The summed E-state index contributed by atoms with van der Waals surface area (Å²) >= 11 is 0. The van der Waals surface area contributed by atoms with Crippen LogP contribution >= 0.6 is 10.7 Å². The lowest BCUT2D eigenvalue weighted by molar-refractivity contribution is 0.609.